The number of hydrogen-bond acceptors (Lipinski definition) is 3. The van der Waals surface area contributed by atoms with Gasteiger partial charge in [-0.05, 0) is 11.8 Å². The number of amides is 1. The Hall–Kier alpha value is -1.36. The molecule has 5 heteroatoms. The van der Waals surface area contributed by atoms with Gasteiger partial charge in [0.15, 0.2) is 0 Å². The second-order valence-electron chi connectivity index (χ2n) is 6.26. The van der Waals surface area contributed by atoms with Crippen LogP contribution in [0.1, 0.15) is 58.1 Å². The summed E-state index contributed by atoms with van der Waals surface area (Å²) in [5.41, 5.74) is 6.79. The van der Waals surface area contributed by atoms with Crippen molar-refractivity contribution in [2.75, 3.05) is 6.54 Å². The van der Waals surface area contributed by atoms with E-state index >= 15 is 0 Å². The average molecular weight is 280 g/mol. The van der Waals surface area contributed by atoms with Crippen LogP contribution in [0.4, 0.5) is 0 Å². The van der Waals surface area contributed by atoms with Crippen molar-refractivity contribution in [3.8, 4) is 0 Å². The predicted molar refractivity (Wildman–Crippen MR) is 81.1 cm³/mol. The number of nitrogens with two attached hydrogens (primary N) is 1. The molecule has 0 aliphatic rings. The van der Waals surface area contributed by atoms with Crippen molar-refractivity contribution in [2.24, 2.45) is 18.2 Å². The van der Waals surface area contributed by atoms with Crippen LogP contribution < -0.4 is 11.1 Å². The molecule has 1 unspecified atom stereocenters. The summed E-state index contributed by atoms with van der Waals surface area (Å²) in [6.07, 6.45) is 8.19. The predicted octanol–water partition coefficient (Wildman–Crippen LogP) is 2.14. The molecule has 0 saturated carbocycles. The van der Waals surface area contributed by atoms with Gasteiger partial charge >= 0.3 is 0 Å². The van der Waals surface area contributed by atoms with Crippen LogP contribution in [0.3, 0.4) is 0 Å². The number of carbonyl (C=O) groups is 1. The van der Waals surface area contributed by atoms with Gasteiger partial charge in [0.2, 0.25) is 5.91 Å². The highest BCUT2D eigenvalue weighted by Gasteiger charge is 2.22. The Morgan fingerprint density at radius 1 is 1.50 bits per heavy atom. The zero-order chi connectivity index (χ0) is 15.2. The first-order chi connectivity index (χ1) is 9.35. The van der Waals surface area contributed by atoms with Crippen LogP contribution in [0.5, 0.6) is 0 Å². The van der Waals surface area contributed by atoms with Gasteiger partial charge in [0.1, 0.15) is 6.04 Å². The molecule has 1 atom stereocenters. The topological polar surface area (TPSA) is 72.9 Å². The van der Waals surface area contributed by atoms with E-state index in [1.165, 1.54) is 19.3 Å². The molecule has 1 rings (SSSR count). The summed E-state index contributed by atoms with van der Waals surface area (Å²) in [6, 6.07) is -0.643. The number of aromatic nitrogens is 2. The van der Waals surface area contributed by atoms with Crippen molar-refractivity contribution in [3.05, 3.63) is 18.0 Å². The molecular formula is C15H28N4O. The van der Waals surface area contributed by atoms with Gasteiger partial charge in [-0.1, -0.05) is 40.0 Å². The van der Waals surface area contributed by atoms with Gasteiger partial charge in [0, 0.05) is 25.4 Å². The molecule has 0 aliphatic carbocycles. The molecule has 1 aromatic heterocycles. The Bertz CT molecular complexity index is 425. The van der Waals surface area contributed by atoms with Crippen LogP contribution in [0.15, 0.2) is 12.4 Å². The number of nitrogens with zero attached hydrogens (tertiary/aromatic N) is 2. The fraction of sp³-hybridized carbons (Fsp3) is 0.733. The number of hydrogen-bond donors (Lipinski definition) is 2. The van der Waals surface area contributed by atoms with Crippen molar-refractivity contribution in [2.45, 2.75) is 52.5 Å². The first-order valence-electron chi connectivity index (χ1n) is 7.37. The fourth-order valence-corrected chi connectivity index (χ4v) is 2.13. The molecule has 1 heterocycles. The molecular weight excluding hydrogens is 252 g/mol. The third kappa shape index (κ3) is 5.33. The first kappa shape index (κ1) is 16.7. The van der Waals surface area contributed by atoms with Gasteiger partial charge in [-0.25, -0.2) is 0 Å². The van der Waals surface area contributed by atoms with Gasteiger partial charge in [0.05, 0.1) is 6.20 Å². The maximum atomic E-state index is 12.1. The van der Waals surface area contributed by atoms with Crippen LogP contribution in [0, 0.1) is 5.41 Å². The lowest BCUT2D eigenvalue weighted by Crippen LogP contribution is -2.39. The monoisotopic (exact) mass is 280 g/mol. The average Bonchev–Trinajstić information content (AvgIpc) is 2.82. The number of rotatable bonds is 8. The molecule has 114 valence electrons. The van der Waals surface area contributed by atoms with Gasteiger partial charge in [-0.2, -0.15) is 5.10 Å². The number of unbranched alkanes of at least 4 members (excludes halogenated alkanes) is 2. The number of aryl methyl sites for hydroxylation is 1. The van der Waals surface area contributed by atoms with Crippen molar-refractivity contribution in [1.29, 1.82) is 0 Å². The van der Waals surface area contributed by atoms with Crippen LogP contribution >= 0.6 is 0 Å². The molecule has 0 fully saturated rings. The molecule has 0 spiro atoms. The molecule has 0 bridgehead atoms. The van der Waals surface area contributed by atoms with E-state index in [2.05, 4.69) is 31.2 Å². The van der Waals surface area contributed by atoms with Crippen LogP contribution in [0.25, 0.3) is 0 Å². The Kier molecular flexibility index (Phi) is 6.20. The SMILES string of the molecule is CCCCCC(C)(C)CNC(=O)C(N)c1cnn(C)c1. The highest BCUT2D eigenvalue weighted by molar-refractivity contribution is 5.82. The van der Waals surface area contributed by atoms with Crippen molar-refractivity contribution in [3.63, 3.8) is 0 Å². The van der Waals surface area contributed by atoms with Crippen LogP contribution in [0.2, 0.25) is 0 Å². The van der Waals surface area contributed by atoms with Crippen molar-refractivity contribution < 1.29 is 4.79 Å². The lowest BCUT2D eigenvalue weighted by molar-refractivity contribution is -0.122. The molecule has 0 aliphatic heterocycles. The van der Waals surface area contributed by atoms with Crippen molar-refractivity contribution >= 4 is 5.91 Å². The zero-order valence-corrected chi connectivity index (χ0v) is 13.1. The molecule has 0 saturated heterocycles. The highest BCUT2D eigenvalue weighted by atomic mass is 16.2. The second kappa shape index (κ2) is 7.43. The molecule has 3 N–H and O–H groups in total. The smallest absolute Gasteiger partial charge is 0.241 e. The normalized spacial score (nSPS) is 13.2. The summed E-state index contributed by atoms with van der Waals surface area (Å²) >= 11 is 0. The summed E-state index contributed by atoms with van der Waals surface area (Å²) in [5.74, 6) is -0.137. The maximum Gasteiger partial charge on any atom is 0.241 e. The minimum Gasteiger partial charge on any atom is -0.354 e. The lowest BCUT2D eigenvalue weighted by atomic mass is 9.87. The van der Waals surface area contributed by atoms with E-state index in [1.54, 1.807) is 17.1 Å². The molecule has 1 aromatic rings. The van der Waals surface area contributed by atoms with Gasteiger partial charge in [0.25, 0.3) is 0 Å². The van der Waals surface area contributed by atoms with E-state index in [9.17, 15) is 4.79 Å². The first-order valence-corrected chi connectivity index (χ1v) is 7.37. The van der Waals surface area contributed by atoms with Crippen molar-refractivity contribution in [1.82, 2.24) is 15.1 Å². The minimum atomic E-state index is -0.643. The fourth-order valence-electron chi connectivity index (χ4n) is 2.13. The highest BCUT2D eigenvalue weighted by Crippen LogP contribution is 2.23. The summed E-state index contributed by atoms with van der Waals surface area (Å²) in [5, 5.41) is 6.99. The summed E-state index contributed by atoms with van der Waals surface area (Å²) in [7, 11) is 1.81. The van der Waals surface area contributed by atoms with Crippen LogP contribution in [-0.2, 0) is 11.8 Å². The number of carbonyl (C=O) groups excluding carboxylic acids is 1. The third-order valence-electron chi connectivity index (χ3n) is 3.56. The quantitative estimate of drug-likeness (QED) is 0.717. The van der Waals surface area contributed by atoms with Gasteiger partial charge in [-0.3, -0.25) is 9.48 Å². The summed E-state index contributed by atoms with van der Waals surface area (Å²) < 4.78 is 1.65. The van der Waals surface area contributed by atoms with Gasteiger partial charge < -0.3 is 11.1 Å². The van der Waals surface area contributed by atoms with E-state index in [1.807, 2.05) is 7.05 Å². The summed E-state index contributed by atoms with van der Waals surface area (Å²) in [4.78, 5) is 12.1. The second-order valence-corrected chi connectivity index (χ2v) is 6.26. The number of nitrogens with one attached hydrogen (secondary N) is 1. The molecule has 0 radical (unpaired) electrons. The van der Waals surface area contributed by atoms with E-state index in [0.29, 0.717) is 6.54 Å². The molecule has 20 heavy (non-hydrogen) atoms. The van der Waals surface area contributed by atoms with E-state index < -0.39 is 6.04 Å². The lowest BCUT2D eigenvalue weighted by Gasteiger charge is -2.25. The standard InChI is InChI=1S/C15H28N4O/c1-5-6-7-8-15(2,3)11-17-14(20)13(16)12-9-18-19(4)10-12/h9-10,13H,5-8,11,16H2,1-4H3,(H,17,20). The van der Waals surface area contributed by atoms with E-state index in [4.69, 9.17) is 5.73 Å². The Labute approximate surface area is 121 Å². The molecule has 0 aromatic carbocycles. The third-order valence-corrected chi connectivity index (χ3v) is 3.56. The summed E-state index contributed by atoms with van der Waals surface area (Å²) in [6.45, 7) is 7.21. The zero-order valence-electron chi connectivity index (χ0n) is 13.1. The van der Waals surface area contributed by atoms with E-state index in [0.717, 1.165) is 12.0 Å². The van der Waals surface area contributed by atoms with E-state index in [-0.39, 0.29) is 11.3 Å². The maximum absolute atomic E-state index is 12.1. The van der Waals surface area contributed by atoms with Crippen LogP contribution in [-0.4, -0.2) is 22.2 Å². The van der Waals surface area contributed by atoms with Gasteiger partial charge in [-0.15, -0.1) is 0 Å². The Morgan fingerprint density at radius 3 is 2.75 bits per heavy atom. The minimum absolute atomic E-state index is 0.111. The largest absolute Gasteiger partial charge is 0.354 e. The molecule has 5 nitrogen and oxygen atoms in total. The Balaban J connectivity index is 2.42. The molecule has 1 amide bonds. The Morgan fingerprint density at radius 2 is 2.20 bits per heavy atom.